The van der Waals surface area contributed by atoms with Gasteiger partial charge < -0.3 is 11.5 Å². The number of guanidine groups is 2. The highest BCUT2D eigenvalue weighted by molar-refractivity contribution is 9.11. The van der Waals surface area contributed by atoms with Gasteiger partial charge in [0.2, 0.25) is 11.9 Å². The predicted molar refractivity (Wildman–Crippen MR) is 103 cm³/mol. The SMILES string of the molecule is NC1=NC2(CCCCC2)N(c2c(Cl)cc(Br)c(Cl)c2Br)C(N)=N1. The lowest BCUT2D eigenvalue weighted by Crippen LogP contribution is -2.58. The molecule has 124 valence electrons. The first kappa shape index (κ1) is 17.3. The van der Waals surface area contributed by atoms with E-state index in [1.807, 2.05) is 4.90 Å². The molecule has 1 aromatic rings. The molecule has 9 heteroatoms. The average Bonchev–Trinajstić information content (AvgIpc) is 2.48. The van der Waals surface area contributed by atoms with Crippen LogP contribution in [0, 0.1) is 0 Å². The molecule has 0 bridgehead atoms. The van der Waals surface area contributed by atoms with Crippen LogP contribution in [0.25, 0.3) is 0 Å². The van der Waals surface area contributed by atoms with Crippen molar-refractivity contribution < 1.29 is 0 Å². The number of aliphatic imine (C=N–C) groups is 2. The Balaban J connectivity index is 2.21. The maximum absolute atomic E-state index is 6.49. The third kappa shape index (κ3) is 2.97. The standard InChI is InChI=1S/C14H15Br2Cl2N5/c15-7-6-8(17)11(9(16)10(7)18)23-13(20)21-12(19)22-14(23)4-2-1-3-5-14/h6H,1-5H2,(H4,19,20,21,22). The van der Waals surface area contributed by atoms with Gasteiger partial charge in [-0.15, -0.1) is 0 Å². The summed E-state index contributed by atoms with van der Waals surface area (Å²) in [6.07, 6.45) is 4.92. The van der Waals surface area contributed by atoms with Gasteiger partial charge in [0.05, 0.1) is 20.2 Å². The first-order chi connectivity index (χ1) is 10.9. The summed E-state index contributed by atoms with van der Waals surface area (Å²) in [6, 6.07) is 1.75. The van der Waals surface area contributed by atoms with E-state index in [1.54, 1.807) is 6.07 Å². The first-order valence-electron chi connectivity index (χ1n) is 7.18. The molecule has 0 radical (unpaired) electrons. The predicted octanol–water partition coefficient (Wildman–Crippen LogP) is 4.63. The summed E-state index contributed by atoms with van der Waals surface area (Å²) in [6.45, 7) is 0. The maximum atomic E-state index is 6.49. The number of rotatable bonds is 1. The van der Waals surface area contributed by atoms with Crippen LogP contribution in [0.4, 0.5) is 5.69 Å². The summed E-state index contributed by atoms with van der Waals surface area (Å²) in [4.78, 5) is 10.6. The second-order valence-electron chi connectivity index (χ2n) is 5.64. The fraction of sp³-hybridized carbons (Fsp3) is 0.429. The number of halogens is 4. The number of nitrogens with zero attached hydrogens (tertiary/aromatic N) is 3. The summed E-state index contributed by atoms with van der Waals surface area (Å²) in [5.41, 5.74) is 12.2. The van der Waals surface area contributed by atoms with E-state index < -0.39 is 5.66 Å². The van der Waals surface area contributed by atoms with Gasteiger partial charge in [-0.1, -0.05) is 29.6 Å². The molecular formula is C14H15Br2Cl2N5. The van der Waals surface area contributed by atoms with Crippen LogP contribution in [-0.2, 0) is 0 Å². The second-order valence-corrected chi connectivity index (χ2v) is 8.07. The Hall–Kier alpha value is -0.500. The summed E-state index contributed by atoms with van der Waals surface area (Å²) >= 11 is 19.8. The van der Waals surface area contributed by atoms with Gasteiger partial charge in [-0.2, -0.15) is 4.99 Å². The molecule has 1 aliphatic carbocycles. The Labute approximate surface area is 161 Å². The first-order valence-corrected chi connectivity index (χ1v) is 9.52. The molecule has 0 aromatic heterocycles. The Bertz CT molecular complexity index is 714. The van der Waals surface area contributed by atoms with E-state index in [1.165, 1.54) is 0 Å². The third-order valence-electron chi connectivity index (χ3n) is 4.16. The van der Waals surface area contributed by atoms with E-state index in [0.29, 0.717) is 24.7 Å². The zero-order valence-corrected chi connectivity index (χ0v) is 16.8. The molecule has 3 rings (SSSR count). The largest absolute Gasteiger partial charge is 0.369 e. The van der Waals surface area contributed by atoms with Crippen LogP contribution in [0.2, 0.25) is 10.0 Å². The summed E-state index contributed by atoms with van der Waals surface area (Å²) in [7, 11) is 0. The summed E-state index contributed by atoms with van der Waals surface area (Å²) in [5.74, 6) is 0.483. The van der Waals surface area contributed by atoms with Gasteiger partial charge in [0.1, 0.15) is 5.66 Å². The van der Waals surface area contributed by atoms with Crippen LogP contribution in [-0.4, -0.2) is 17.6 Å². The van der Waals surface area contributed by atoms with Crippen LogP contribution in [0.1, 0.15) is 32.1 Å². The molecule has 23 heavy (non-hydrogen) atoms. The maximum Gasteiger partial charge on any atom is 0.220 e. The van der Waals surface area contributed by atoms with E-state index >= 15 is 0 Å². The smallest absolute Gasteiger partial charge is 0.220 e. The lowest BCUT2D eigenvalue weighted by atomic mass is 9.87. The molecule has 4 N–H and O–H groups in total. The number of benzene rings is 1. The molecule has 0 saturated heterocycles. The number of anilines is 1. The Morgan fingerprint density at radius 1 is 1.13 bits per heavy atom. The van der Waals surface area contributed by atoms with Gasteiger partial charge in [0.15, 0.2) is 0 Å². The quantitative estimate of drug-likeness (QED) is 0.451. The molecule has 0 atom stereocenters. The van der Waals surface area contributed by atoms with Crippen molar-refractivity contribution >= 4 is 72.7 Å². The second kappa shape index (κ2) is 6.43. The topological polar surface area (TPSA) is 80.0 Å². The van der Waals surface area contributed by atoms with Gasteiger partial charge >= 0.3 is 0 Å². The summed E-state index contributed by atoms with van der Waals surface area (Å²) in [5, 5.41) is 1.03. The lowest BCUT2D eigenvalue weighted by molar-refractivity contribution is 0.305. The van der Waals surface area contributed by atoms with E-state index in [0.717, 1.165) is 32.1 Å². The molecule has 2 aliphatic rings. The monoisotopic (exact) mass is 481 g/mol. The van der Waals surface area contributed by atoms with Gasteiger partial charge in [-0.25, -0.2) is 4.99 Å². The molecule has 1 aliphatic heterocycles. The molecule has 1 heterocycles. The minimum Gasteiger partial charge on any atom is -0.369 e. The molecule has 0 amide bonds. The van der Waals surface area contributed by atoms with Crippen molar-refractivity contribution in [2.24, 2.45) is 21.5 Å². The minimum atomic E-state index is -0.558. The molecule has 1 spiro atoms. The van der Waals surface area contributed by atoms with E-state index in [2.05, 4.69) is 41.8 Å². The molecule has 0 unspecified atom stereocenters. The van der Waals surface area contributed by atoms with Crippen LogP contribution in [0.3, 0.4) is 0 Å². The lowest BCUT2D eigenvalue weighted by Gasteiger charge is -2.46. The van der Waals surface area contributed by atoms with Crippen molar-refractivity contribution in [3.63, 3.8) is 0 Å². The highest BCUT2D eigenvalue weighted by Gasteiger charge is 2.44. The van der Waals surface area contributed by atoms with Crippen molar-refractivity contribution in [3.05, 3.63) is 25.1 Å². The van der Waals surface area contributed by atoms with Gasteiger partial charge in [-0.3, -0.25) is 4.90 Å². The Kier molecular flexibility index (Phi) is 4.84. The van der Waals surface area contributed by atoms with E-state index in [9.17, 15) is 0 Å². The zero-order chi connectivity index (χ0) is 16.8. The van der Waals surface area contributed by atoms with Crippen molar-refractivity contribution in [1.29, 1.82) is 0 Å². The van der Waals surface area contributed by atoms with E-state index in [4.69, 9.17) is 34.7 Å². The van der Waals surface area contributed by atoms with Gasteiger partial charge in [0, 0.05) is 4.47 Å². The third-order valence-corrected chi connectivity index (χ3v) is 6.70. The number of hydrogen-bond acceptors (Lipinski definition) is 5. The Morgan fingerprint density at radius 3 is 2.43 bits per heavy atom. The molecule has 1 saturated carbocycles. The highest BCUT2D eigenvalue weighted by atomic mass is 79.9. The van der Waals surface area contributed by atoms with Crippen molar-refractivity contribution in [2.45, 2.75) is 37.8 Å². The van der Waals surface area contributed by atoms with Crippen LogP contribution in [0.15, 0.2) is 25.0 Å². The number of hydrogen-bond donors (Lipinski definition) is 2. The average molecular weight is 484 g/mol. The van der Waals surface area contributed by atoms with Crippen LogP contribution >= 0.6 is 55.1 Å². The molecule has 5 nitrogen and oxygen atoms in total. The van der Waals surface area contributed by atoms with Crippen molar-refractivity contribution in [2.75, 3.05) is 4.90 Å². The molecule has 1 fully saturated rings. The van der Waals surface area contributed by atoms with Crippen LogP contribution in [0.5, 0.6) is 0 Å². The van der Waals surface area contributed by atoms with E-state index in [-0.39, 0.29) is 11.9 Å². The fourth-order valence-corrected chi connectivity index (χ4v) is 5.18. The highest BCUT2D eigenvalue weighted by Crippen LogP contribution is 2.48. The fourth-order valence-electron chi connectivity index (χ4n) is 3.21. The van der Waals surface area contributed by atoms with Crippen LogP contribution < -0.4 is 16.4 Å². The zero-order valence-electron chi connectivity index (χ0n) is 12.1. The van der Waals surface area contributed by atoms with Crippen molar-refractivity contribution in [3.8, 4) is 0 Å². The normalized spacial score (nSPS) is 20.4. The van der Waals surface area contributed by atoms with Crippen molar-refractivity contribution in [1.82, 2.24) is 0 Å². The molecular weight excluding hydrogens is 469 g/mol. The molecule has 1 aromatic carbocycles. The van der Waals surface area contributed by atoms with Gasteiger partial charge in [0.25, 0.3) is 0 Å². The Morgan fingerprint density at radius 2 is 1.78 bits per heavy atom. The summed E-state index contributed by atoms with van der Waals surface area (Å²) < 4.78 is 1.35. The minimum absolute atomic E-state index is 0.205. The number of nitrogens with two attached hydrogens (primary N) is 2. The van der Waals surface area contributed by atoms with Gasteiger partial charge in [-0.05, 0) is 63.6 Å².